The first-order valence-corrected chi connectivity index (χ1v) is 4.69. The molecule has 1 saturated carbocycles. The van der Waals surface area contributed by atoms with E-state index in [0.29, 0.717) is 6.54 Å². The van der Waals surface area contributed by atoms with Crippen LogP contribution in [0.15, 0.2) is 0 Å². The van der Waals surface area contributed by atoms with Crippen molar-refractivity contribution in [3.05, 3.63) is 0 Å². The van der Waals surface area contributed by atoms with Gasteiger partial charge in [-0.05, 0) is 25.2 Å². The summed E-state index contributed by atoms with van der Waals surface area (Å²) in [4.78, 5) is 0. The summed E-state index contributed by atoms with van der Waals surface area (Å²) < 4.78 is 0. The van der Waals surface area contributed by atoms with Crippen LogP contribution >= 0.6 is 0 Å². The fraction of sp³-hybridized carbons (Fsp3) is 1.00. The van der Waals surface area contributed by atoms with E-state index in [9.17, 15) is 5.11 Å². The molecule has 1 aliphatic rings. The Morgan fingerprint density at radius 3 is 2.00 bits per heavy atom. The van der Waals surface area contributed by atoms with Gasteiger partial charge in [-0.15, -0.1) is 0 Å². The van der Waals surface area contributed by atoms with Crippen LogP contribution in [0, 0.1) is 10.8 Å². The number of hydrogen-bond donors (Lipinski definition) is 2. The summed E-state index contributed by atoms with van der Waals surface area (Å²) in [6.07, 6.45) is 2.26. The highest BCUT2D eigenvalue weighted by molar-refractivity contribution is 5.09. The predicted octanol–water partition coefficient (Wildman–Crippen LogP) is 1.52. The molecule has 0 aromatic rings. The molecule has 0 aromatic carbocycles. The van der Waals surface area contributed by atoms with Gasteiger partial charge < -0.3 is 10.8 Å². The Balaban J connectivity index is 2.84. The van der Waals surface area contributed by atoms with Gasteiger partial charge in [-0.1, -0.05) is 20.8 Å². The third kappa shape index (κ3) is 1.17. The Morgan fingerprint density at radius 1 is 1.33 bits per heavy atom. The maximum atomic E-state index is 10.4. The van der Waals surface area contributed by atoms with E-state index in [-0.39, 0.29) is 10.8 Å². The standard InChI is InChI=1S/C10H21NO/c1-8(2,7-11)10(4,12)9(3)5-6-9/h12H,5-7,11H2,1-4H3. The van der Waals surface area contributed by atoms with Crippen LogP contribution in [-0.2, 0) is 0 Å². The Labute approximate surface area is 75.2 Å². The second kappa shape index (κ2) is 2.46. The van der Waals surface area contributed by atoms with E-state index in [1.807, 2.05) is 20.8 Å². The SMILES string of the molecule is CC(C)(CN)C(C)(O)C1(C)CC1. The molecule has 1 rings (SSSR count). The van der Waals surface area contributed by atoms with Crippen LogP contribution in [-0.4, -0.2) is 17.3 Å². The molecule has 0 amide bonds. The van der Waals surface area contributed by atoms with Crippen LogP contribution in [0.5, 0.6) is 0 Å². The lowest BCUT2D eigenvalue weighted by Gasteiger charge is -2.44. The first kappa shape index (κ1) is 10.0. The third-order valence-corrected chi connectivity index (χ3v) is 4.00. The number of hydrogen-bond acceptors (Lipinski definition) is 2. The molecule has 12 heavy (non-hydrogen) atoms. The molecule has 2 nitrogen and oxygen atoms in total. The van der Waals surface area contributed by atoms with Gasteiger partial charge in [0, 0.05) is 12.0 Å². The van der Waals surface area contributed by atoms with Crippen molar-refractivity contribution in [3.8, 4) is 0 Å². The molecule has 72 valence electrons. The molecule has 0 heterocycles. The van der Waals surface area contributed by atoms with Crippen LogP contribution in [0.2, 0.25) is 0 Å². The highest BCUT2D eigenvalue weighted by Gasteiger charge is 2.58. The van der Waals surface area contributed by atoms with Gasteiger partial charge in [0.25, 0.3) is 0 Å². The average Bonchev–Trinajstić information content (AvgIpc) is 2.69. The summed E-state index contributed by atoms with van der Waals surface area (Å²) >= 11 is 0. The van der Waals surface area contributed by atoms with Gasteiger partial charge in [0.15, 0.2) is 0 Å². The summed E-state index contributed by atoms with van der Waals surface area (Å²) in [7, 11) is 0. The zero-order chi connectivity index (χ0) is 9.62. The summed E-state index contributed by atoms with van der Waals surface area (Å²) in [6.45, 7) is 8.68. The van der Waals surface area contributed by atoms with Gasteiger partial charge >= 0.3 is 0 Å². The summed E-state index contributed by atoms with van der Waals surface area (Å²) in [5, 5.41) is 10.4. The van der Waals surface area contributed by atoms with Crippen LogP contribution in [0.4, 0.5) is 0 Å². The molecule has 1 fully saturated rings. The molecule has 1 unspecified atom stereocenters. The molecular weight excluding hydrogens is 150 g/mol. The van der Waals surface area contributed by atoms with Gasteiger partial charge in [-0.2, -0.15) is 0 Å². The molecule has 2 heteroatoms. The summed E-state index contributed by atoms with van der Waals surface area (Å²) in [5.74, 6) is 0. The van der Waals surface area contributed by atoms with Crippen LogP contribution in [0.1, 0.15) is 40.5 Å². The van der Waals surface area contributed by atoms with E-state index in [4.69, 9.17) is 5.73 Å². The molecule has 0 bridgehead atoms. The van der Waals surface area contributed by atoms with Crippen molar-refractivity contribution in [2.24, 2.45) is 16.6 Å². The first-order valence-electron chi connectivity index (χ1n) is 4.69. The van der Waals surface area contributed by atoms with Gasteiger partial charge in [0.1, 0.15) is 0 Å². The molecular formula is C10H21NO. The topological polar surface area (TPSA) is 46.2 Å². The van der Waals surface area contributed by atoms with Crippen LogP contribution in [0.25, 0.3) is 0 Å². The van der Waals surface area contributed by atoms with E-state index in [1.54, 1.807) is 0 Å². The Bertz CT molecular complexity index is 180. The molecule has 3 N–H and O–H groups in total. The summed E-state index contributed by atoms with van der Waals surface area (Å²) in [6, 6.07) is 0. The van der Waals surface area contributed by atoms with E-state index in [1.165, 1.54) is 0 Å². The van der Waals surface area contributed by atoms with Crippen molar-refractivity contribution in [3.63, 3.8) is 0 Å². The highest BCUT2D eigenvalue weighted by Crippen LogP contribution is 2.58. The highest BCUT2D eigenvalue weighted by atomic mass is 16.3. The lowest BCUT2D eigenvalue weighted by Crippen LogP contribution is -2.52. The second-order valence-corrected chi connectivity index (χ2v) is 5.22. The number of aliphatic hydroxyl groups is 1. The molecule has 0 radical (unpaired) electrons. The van der Waals surface area contributed by atoms with Crippen LogP contribution < -0.4 is 5.73 Å². The van der Waals surface area contributed by atoms with Gasteiger partial charge in [0.05, 0.1) is 5.60 Å². The van der Waals surface area contributed by atoms with E-state index < -0.39 is 5.60 Å². The normalized spacial score (nSPS) is 26.5. The smallest absolute Gasteiger partial charge is 0.0735 e. The minimum Gasteiger partial charge on any atom is -0.389 e. The predicted molar refractivity (Wildman–Crippen MR) is 50.8 cm³/mol. The quantitative estimate of drug-likeness (QED) is 0.676. The monoisotopic (exact) mass is 171 g/mol. The molecule has 0 spiro atoms. The lowest BCUT2D eigenvalue weighted by atomic mass is 9.67. The Kier molecular flexibility index (Phi) is 2.05. The minimum absolute atomic E-state index is 0.107. The van der Waals surface area contributed by atoms with Crippen molar-refractivity contribution < 1.29 is 5.11 Å². The van der Waals surface area contributed by atoms with E-state index >= 15 is 0 Å². The zero-order valence-electron chi connectivity index (χ0n) is 8.65. The van der Waals surface area contributed by atoms with Crippen LogP contribution in [0.3, 0.4) is 0 Å². The Hall–Kier alpha value is -0.0800. The Morgan fingerprint density at radius 2 is 1.75 bits per heavy atom. The van der Waals surface area contributed by atoms with E-state index in [2.05, 4.69) is 6.92 Å². The third-order valence-electron chi connectivity index (χ3n) is 4.00. The van der Waals surface area contributed by atoms with E-state index in [0.717, 1.165) is 12.8 Å². The fourth-order valence-electron chi connectivity index (χ4n) is 1.69. The molecule has 1 aliphatic carbocycles. The number of nitrogens with two attached hydrogens (primary N) is 1. The molecule has 0 aliphatic heterocycles. The van der Waals surface area contributed by atoms with Crippen molar-refractivity contribution in [2.45, 2.75) is 46.1 Å². The van der Waals surface area contributed by atoms with Crippen molar-refractivity contribution in [1.29, 1.82) is 0 Å². The largest absolute Gasteiger partial charge is 0.389 e. The van der Waals surface area contributed by atoms with Crippen molar-refractivity contribution in [1.82, 2.24) is 0 Å². The summed E-state index contributed by atoms with van der Waals surface area (Å²) in [5.41, 5.74) is 4.95. The zero-order valence-corrected chi connectivity index (χ0v) is 8.65. The fourth-order valence-corrected chi connectivity index (χ4v) is 1.69. The van der Waals surface area contributed by atoms with Crippen molar-refractivity contribution >= 4 is 0 Å². The van der Waals surface area contributed by atoms with Gasteiger partial charge in [-0.25, -0.2) is 0 Å². The minimum atomic E-state index is -0.630. The van der Waals surface area contributed by atoms with Gasteiger partial charge in [-0.3, -0.25) is 0 Å². The maximum Gasteiger partial charge on any atom is 0.0735 e. The lowest BCUT2D eigenvalue weighted by molar-refractivity contribution is -0.0994. The number of rotatable bonds is 3. The molecule has 0 saturated heterocycles. The maximum absolute atomic E-state index is 10.4. The molecule has 0 aromatic heterocycles. The van der Waals surface area contributed by atoms with Gasteiger partial charge in [0.2, 0.25) is 0 Å². The van der Waals surface area contributed by atoms with Crippen molar-refractivity contribution in [2.75, 3.05) is 6.54 Å². The first-order chi connectivity index (χ1) is 5.27. The second-order valence-electron chi connectivity index (χ2n) is 5.22. The average molecular weight is 171 g/mol. The molecule has 1 atom stereocenters.